The average molecular weight is 509 g/mol. The van der Waals surface area contributed by atoms with Gasteiger partial charge >= 0.3 is 0 Å². The number of carbonyl (C=O) groups excluding carboxylic acids is 2. The Balaban J connectivity index is 1.76. The number of nitrogens with one attached hydrogen (secondary N) is 1. The quantitative estimate of drug-likeness (QED) is 0.402. The van der Waals surface area contributed by atoms with Crippen molar-refractivity contribution < 1.29 is 14.3 Å². The molecule has 1 saturated heterocycles. The first-order valence-corrected chi connectivity index (χ1v) is 13.0. The van der Waals surface area contributed by atoms with E-state index in [2.05, 4.69) is 65.1 Å². The second-order valence-corrected chi connectivity index (χ2v) is 12.9. The van der Waals surface area contributed by atoms with Crippen LogP contribution in [-0.4, -0.2) is 22.2 Å². The molecule has 5 nitrogen and oxygen atoms in total. The summed E-state index contributed by atoms with van der Waals surface area (Å²) in [6.07, 6.45) is 1.21. The van der Waals surface area contributed by atoms with Crippen molar-refractivity contribution in [2.45, 2.75) is 71.9 Å². The minimum Gasteiger partial charge on any atom is -0.479 e. The van der Waals surface area contributed by atoms with Crippen molar-refractivity contribution in [3.05, 3.63) is 63.6 Å². The van der Waals surface area contributed by atoms with Crippen LogP contribution >= 0.6 is 24.0 Å². The third-order valence-corrected chi connectivity index (χ3v) is 7.36. The second kappa shape index (κ2) is 9.10. The first kappa shape index (κ1) is 25.5. The third-order valence-electron chi connectivity index (χ3n) is 6.20. The lowest BCUT2D eigenvalue weighted by Gasteiger charge is -2.34. The van der Waals surface area contributed by atoms with Gasteiger partial charge in [0.05, 0.1) is 17.1 Å². The molecule has 0 aliphatic carbocycles. The van der Waals surface area contributed by atoms with Crippen molar-refractivity contribution in [3.63, 3.8) is 0 Å². The van der Waals surface area contributed by atoms with E-state index in [1.54, 1.807) is 17.9 Å². The van der Waals surface area contributed by atoms with Gasteiger partial charge in [-0.05, 0) is 58.2 Å². The number of hydrogen-bond acceptors (Lipinski definition) is 5. The summed E-state index contributed by atoms with van der Waals surface area (Å²) >= 11 is 6.34. The van der Waals surface area contributed by atoms with Crippen LogP contribution in [0.4, 0.5) is 5.69 Å². The number of anilines is 1. The topological polar surface area (TPSA) is 58.6 Å². The predicted molar refractivity (Wildman–Crippen MR) is 148 cm³/mol. The number of benzene rings is 2. The summed E-state index contributed by atoms with van der Waals surface area (Å²) in [7, 11) is 0. The van der Waals surface area contributed by atoms with Gasteiger partial charge < -0.3 is 15.0 Å². The molecular formula is C28H32N2O3S2. The van der Waals surface area contributed by atoms with Crippen LogP contribution < -0.4 is 15.0 Å². The third kappa shape index (κ3) is 5.46. The molecule has 2 aromatic rings. The minimum atomic E-state index is -0.576. The zero-order chi connectivity index (χ0) is 25.7. The van der Waals surface area contributed by atoms with E-state index in [0.717, 1.165) is 11.1 Å². The lowest BCUT2D eigenvalue weighted by atomic mass is 9.79. The van der Waals surface area contributed by atoms with Gasteiger partial charge in [-0.3, -0.25) is 9.59 Å². The summed E-state index contributed by atoms with van der Waals surface area (Å²) < 4.78 is 6.36. The van der Waals surface area contributed by atoms with Crippen LogP contribution in [-0.2, 0) is 27.0 Å². The van der Waals surface area contributed by atoms with Gasteiger partial charge in [0, 0.05) is 0 Å². The fourth-order valence-corrected chi connectivity index (χ4v) is 5.13. The SMILES string of the molecule is C[C@@H]1Oc2ccc(C=C3SC(=S)NC3=O)cc2N(Cc2cc(C(C)(C)C)cc(C(C)(C)C)c2)C1=O. The van der Waals surface area contributed by atoms with Crippen LogP contribution in [0, 0.1) is 0 Å². The van der Waals surface area contributed by atoms with Crippen LogP contribution in [0.25, 0.3) is 6.08 Å². The molecule has 7 heteroatoms. The molecule has 0 unspecified atom stereocenters. The number of ether oxygens (including phenoxy) is 1. The number of fused-ring (bicyclic) bond motifs is 1. The highest BCUT2D eigenvalue weighted by Crippen LogP contribution is 2.38. The number of nitrogens with zero attached hydrogens (tertiary/aromatic N) is 1. The highest BCUT2D eigenvalue weighted by Gasteiger charge is 2.32. The Hall–Kier alpha value is -2.64. The Labute approximate surface area is 217 Å². The molecule has 4 rings (SSSR count). The maximum atomic E-state index is 13.3. The van der Waals surface area contributed by atoms with Crippen molar-refractivity contribution in [1.29, 1.82) is 0 Å². The van der Waals surface area contributed by atoms with Crippen molar-refractivity contribution in [2.75, 3.05) is 4.90 Å². The van der Waals surface area contributed by atoms with E-state index in [-0.39, 0.29) is 22.6 Å². The normalized spacial score (nSPS) is 19.6. The number of carbonyl (C=O) groups is 2. The lowest BCUT2D eigenvalue weighted by Crippen LogP contribution is -2.44. The zero-order valence-corrected chi connectivity index (χ0v) is 22.9. The standard InChI is InChI=1S/C28H32N2O3S2/c1-16-25(32)30(15-18-10-19(27(2,3)4)14-20(11-18)28(5,6)7)21-12-17(8-9-22(21)33-16)13-23-24(31)29-26(34)35-23/h8-14,16H,15H2,1-7H3,(H,29,31,34)/t16-/m0/s1. The Kier molecular flexibility index (Phi) is 6.62. The number of thioether (sulfide) groups is 1. The largest absolute Gasteiger partial charge is 0.479 e. The van der Waals surface area contributed by atoms with Crippen LogP contribution in [0.3, 0.4) is 0 Å². The molecule has 35 heavy (non-hydrogen) atoms. The fourth-order valence-electron chi connectivity index (χ4n) is 4.08. The van der Waals surface area contributed by atoms with Gasteiger partial charge in [0.25, 0.3) is 11.8 Å². The number of rotatable bonds is 3. The Morgan fingerprint density at radius 2 is 1.66 bits per heavy atom. The molecular weight excluding hydrogens is 476 g/mol. The molecule has 1 fully saturated rings. The molecule has 1 atom stereocenters. The molecule has 2 aromatic carbocycles. The van der Waals surface area contributed by atoms with Gasteiger partial charge in [-0.2, -0.15) is 0 Å². The maximum Gasteiger partial charge on any atom is 0.268 e. The molecule has 2 aliphatic heterocycles. The molecule has 0 aromatic heterocycles. The van der Waals surface area contributed by atoms with Crippen molar-refractivity contribution >= 4 is 51.9 Å². The Bertz CT molecular complexity index is 1220. The first-order valence-electron chi connectivity index (χ1n) is 11.7. The van der Waals surface area contributed by atoms with Gasteiger partial charge in [0.1, 0.15) is 10.1 Å². The van der Waals surface area contributed by atoms with Gasteiger partial charge in [-0.25, -0.2) is 0 Å². The van der Waals surface area contributed by atoms with Crippen LogP contribution in [0.1, 0.15) is 70.7 Å². The van der Waals surface area contributed by atoms with Gasteiger partial charge in [0.15, 0.2) is 6.10 Å². The summed E-state index contributed by atoms with van der Waals surface area (Å²) in [6, 6.07) is 12.3. The summed E-state index contributed by atoms with van der Waals surface area (Å²) in [5.74, 6) is 0.362. The molecule has 0 radical (unpaired) electrons. The van der Waals surface area contributed by atoms with E-state index in [1.165, 1.54) is 22.9 Å². The molecule has 1 N–H and O–H groups in total. The zero-order valence-electron chi connectivity index (χ0n) is 21.3. The molecule has 2 amide bonds. The summed E-state index contributed by atoms with van der Waals surface area (Å²) in [4.78, 5) is 27.8. The van der Waals surface area contributed by atoms with E-state index in [4.69, 9.17) is 17.0 Å². The highest BCUT2D eigenvalue weighted by atomic mass is 32.2. The van der Waals surface area contributed by atoms with E-state index >= 15 is 0 Å². The second-order valence-electron chi connectivity index (χ2n) is 11.2. The van der Waals surface area contributed by atoms with Crippen molar-refractivity contribution in [3.8, 4) is 5.75 Å². The van der Waals surface area contributed by atoms with Crippen LogP contribution in [0.15, 0.2) is 41.3 Å². The predicted octanol–water partition coefficient (Wildman–Crippen LogP) is 6.08. The van der Waals surface area contributed by atoms with Gasteiger partial charge in [-0.1, -0.05) is 89.8 Å². The van der Waals surface area contributed by atoms with E-state index in [0.29, 0.717) is 27.2 Å². The Morgan fingerprint density at radius 3 is 2.20 bits per heavy atom. The highest BCUT2D eigenvalue weighted by molar-refractivity contribution is 8.26. The number of thiocarbonyl (C=S) groups is 1. The van der Waals surface area contributed by atoms with Crippen LogP contribution in [0.5, 0.6) is 5.75 Å². The molecule has 0 spiro atoms. The minimum absolute atomic E-state index is 0.0182. The maximum absolute atomic E-state index is 13.3. The molecule has 2 heterocycles. The first-order chi connectivity index (χ1) is 16.2. The van der Waals surface area contributed by atoms with Crippen LogP contribution in [0.2, 0.25) is 0 Å². The molecule has 0 saturated carbocycles. The van der Waals surface area contributed by atoms with Crippen molar-refractivity contribution in [2.24, 2.45) is 0 Å². The summed E-state index contributed by atoms with van der Waals surface area (Å²) in [5.41, 5.74) is 5.04. The fraction of sp³-hybridized carbons (Fsp3) is 0.393. The number of hydrogen-bond donors (Lipinski definition) is 1. The summed E-state index contributed by atoms with van der Waals surface area (Å²) in [5, 5.41) is 2.64. The molecule has 0 bridgehead atoms. The smallest absolute Gasteiger partial charge is 0.268 e. The molecule has 184 valence electrons. The average Bonchev–Trinajstić information content (AvgIpc) is 3.07. The van der Waals surface area contributed by atoms with Crippen molar-refractivity contribution in [1.82, 2.24) is 5.32 Å². The van der Waals surface area contributed by atoms with E-state index < -0.39 is 6.10 Å². The van der Waals surface area contributed by atoms with Gasteiger partial charge in [-0.15, -0.1) is 0 Å². The lowest BCUT2D eigenvalue weighted by molar-refractivity contribution is -0.125. The van der Waals surface area contributed by atoms with E-state index in [1.807, 2.05) is 18.2 Å². The molecule has 2 aliphatic rings. The summed E-state index contributed by atoms with van der Waals surface area (Å²) in [6.45, 7) is 15.5. The van der Waals surface area contributed by atoms with Gasteiger partial charge in [0.2, 0.25) is 0 Å². The number of amides is 2. The monoisotopic (exact) mass is 508 g/mol. The Morgan fingerprint density at radius 1 is 1.03 bits per heavy atom. The van der Waals surface area contributed by atoms with E-state index in [9.17, 15) is 9.59 Å².